The van der Waals surface area contributed by atoms with Crippen LogP contribution in [0.1, 0.15) is 44.4 Å². The van der Waals surface area contributed by atoms with Crippen molar-refractivity contribution < 1.29 is 18.7 Å². The lowest BCUT2D eigenvalue weighted by molar-refractivity contribution is 0.0606. The van der Waals surface area contributed by atoms with E-state index in [9.17, 15) is 14.0 Å². The number of hydrogen-bond donors (Lipinski definition) is 1. The van der Waals surface area contributed by atoms with Crippen LogP contribution in [-0.2, 0) is 17.7 Å². The fourth-order valence-corrected chi connectivity index (χ4v) is 4.13. The highest BCUT2D eigenvalue weighted by Crippen LogP contribution is 2.27. The maximum absolute atomic E-state index is 14.4. The van der Waals surface area contributed by atoms with Crippen LogP contribution in [0, 0.1) is 5.82 Å². The number of aromatic nitrogens is 3. The van der Waals surface area contributed by atoms with Crippen LogP contribution >= 0.6 is 11.3 Å². The van der Waals surface area contributed by atoms with Gasteiger partial charge in [-0.2, -0.15) is 0 Å². The number of amides is 1. The van der Waals surface area contributed by atoms with Crippen molar-refractivity contribution in [2.24, 2.45) is 0 Å². The Labute approximate surface area is 170 Å². The molecule has 1 aromatic carbocycles. The van der Waals surface area contributed by atoms with Crippen molar-refractivity contribution in [2.75, 3.05) is 12.4 Å². The molecule has 0 radical (unpaired) electrons. The summed E-state index contributed by atoms with van der Waals surface area (Å²) >= 11 is 0.986. The molecular weight excluding hydrogens is 395 g/mol. The van der Waals surface area contributed by atoms with E-state index in [0.717, 1.165) is 49.4 Å². The third-order valence-electron chi connectivity index (χ3n) is 4.80. The minimum atomic E-state index is -0.553. The van der Waals surface area contributed by atoms with E-state index in [1.807, 2.05) is 0 Å². The zero-order valence-electron chi connectivity index (χ0n) is 15.8. The molecule has 1 aliphatic rings. The number of fused-ring (bicyclic) bond motifs is 1. The van der Waals surface area contributed by atoms with E-state index < -0.39 is 17.7 Å². The van der Waals surface area contributed by atoms with Crippen molar-refractivity contribution >= 4 is 28.9 Å². The van der Waals surface area contributed by atoms with Crippen LogP contribution in [0.2, 0.25) is 0 Å². The van der Waals surface area contributed by atoms with Crippen LogP contribution in [0.15, 0.2) is 30.3 Å². The summed E-state index contributed by atoms with van der Waals surface area (Å²) in [5.41, 5.74) is 0.732. The van der Waals surface area contributed by atoms with Crippen LogP contribution in [0.3, 0.4) is 0 Å². The van der Waals surface area contributed by atoms with Gasteiger partial charge in [-0.05, 0) is 43.2 Å². The molecule has 4 rings (SSSR count). The number of nitrogens with one attached hydrogen (secondary N) is 1. The number of nitrogens with zero attached hydrogens (tertiary/aromatic N) is 3. The molecular formula is C20H19FN4O3S. The number of ether oxygens (including phenoxy) is 1. The number of rotatable bonds is 4. The van der Waals surface area contributed by atoms with E-state index >= 15 is 0 Å². The summed E-state index contributed by atoms with van der Waals surface area (Å²) in [4.78, 5) is 24.7. The smallest absolute Gasteiger partial charge is 0.348 e. The molecule has 2 aromatic heterocycles. The Morgan fingerprint density at radius 1 is 1.14 bits per heavy atom. The number of esters is 1. The van der Waals surface area contributed by atoms with Crippen LogP contribution in [0.5, 0.6) is 0 Å². The molecule has 29 heavy (non-hydrogen) atoms. The Bertz CT molecular complexity index is 1080. The lowest BCUT2D eigenvalue weighted by Crippen LogP contribution is -2.12. The molecule has 7 nitrogen and oxygen atoms in total. The van der Waals surface area contributed by atoms with Gasteiger partial charge in [-0.3, -0.25) is 4.79 Å². The van der Waals surface area contributed by atoms with Crippen LogP contribution in [0.4, 0.5) is 10.1 Å². The Morgan fingerprint density at radius 3 is 2.79 bits per heavy atom. The highest BCUT2D eigenvalue weighted by molar-refractivity contribution is 7.16. The Kier molecular flexibility index (Phi) is 5.39. The zero-order valence-corrected chi connectivity index (χ0v) is 16.6. The number of thiophene rings is 1. The van der Waals surface area contributed by atoms with Crippen molar-refractivity contribution in [3.05, 3.63) is 51.7 Å². The third kappa shape index (κ3) is 3.91. The topological polar surface area (TPSA) is 86.1 Å². The predicted molar refractivity (Wildman–Crippen MR) is 107 cm³/mol. The standard InChI is InChI=1S/C20H19FN4O3S/c1-28-20(27)16-9-8-15(29-16)19(26)22-14-11-12(6-7-13(14)21)18-24-23-17-5-3-2-4-10-25(17)18/h6-9,11H,2-5,10H2,1H3,(H,22,26). The number of carbonyl (C=O) groups is 2. The Balaban J connectivity index is 1.59. The molecule has 0 spiro atoms. The quantitative estimate of drug-likeness (QED) is 0.654. The van der Waals surface area contributed by atoms with Crippen LogP contribution in [0.25, 0.3) is 11.4 Å². The molecule has 0 fully saturated rings. The van der Waals surface area contributed by atoms with Gasteiger partial charge >= 0.3 is 5.97 Å². The number of methoxy groups -OCH3 is 1. The summed E-state index contributed by atoms with van der Waals surface area (Å²) in [7, 11) is 1.27. The lowest BCUT2D eigenvalue weighted by atomic mass is 10.1. The van der Waals surface area contributed by atoms with Gasteiger partial charge in [-0.15, -0.1) is 21.5 Å². The van der Waals surface area contributed by atoms with Crippen molar-refractivity contribution in [3.8, 4) is 11.4 Å². The molecule has 0 saturated carbocycles. The number of benzene rings is 1. The normalized spacial score (nSPS) is 13.4. The summed E-state index contributed by atoms with van der Waals surface area (Å²) in [5, 5.41) is 11.1. The summed E-state index contributed by atoms with van der Waals surface area (Å²) in [6.45, 7) is 0.822. The van der Waals surface area contributed by atoms with Crippen LogP contribution < -0.4 is 5.32 Å². The average Bonchev–Trinajstić information content (AvgIpc) is 3.31. The van der Waals surface area contributed by atoms with E-state index in [2.05, 4.69) is 24.8 Å². The fraction of sp³-hybridized carbons (Fsp3) is 0.300. The van der Waals surface area contributed by atoms with E-state index in [1.165, 1.54) is 25.3 Å². The largest absolute Gasteiger partial charge is 0.465 e. The van der Waals surface area contributed by atoms with Crippen LogP contribution in [-0.4, -0.2) is 33.8 Å². The molecule has 0 bridgehead atoms. The van der Waals surface area contributed by atoms with Gasteiger partial charge in [0.1, 0.15) is 16.5 Å². The van der Waals surface area contributed by atoms with Gasteiger partial charge in [0.05, 0.1) is 17.7 Å². The maximum atomic E-state index is 14.4. The highest BCUT2D eigenvalue weighted by Gasteiger charge is 2.19. The van der Waals surface area contributed by atoms with E-state index in [-0.39, 0.29) is 10.6 Å². The van der Waals surface area contributed by atoms with Crippen molar-refractivity contribution in [1.82, 2.24) is 14.8 Å². The second kappa shape index (κ2) is 8.12. The van der Waals surface area contributed by atoms with E-state index in [1.54, 1.807) is 12.1 Å². The first kappa shape index (κ1) is 19.3. The number of hydrogen-bond acceptors (Lipinski definition) is 6. The molecule has 1 N–H and O–H groups in total. The molecule has 0 aliphatic carbocycles. The van der Waals surface area contributed by atoms with Crippen molar-refractivity contribution in [3.63, 3.8) is 0 Å². The second-order valence-electron chi connectivity index (χ2n) is 6.71. The summed E-state index contributed by atoms with van der Waals surface area (Å²) in [6.07, 6.45) is 4.14. The molecule has 3 aromatic rings. The molecule has 9 heteroatoms. The molecule has 0 unspecified atom stereocenters. The Morgan fingerprint density at radius 2 is 1.97 bits per heavy atom. The number of halogens is 1. The fourth-order valence-electron chi connectivity index (χ4n) is 3.31. The molecule has 150 valence electrons. The predicted octanol–water partition coefficient (Wildman–Crippen LogP) is 3.91. The first-order valence-electron chi connectivity index (χ1n) is 9.28. The van der Waals surface area contributed by atoms with Gasteiger partial charge in [0, 0.05) is 18.5 Å². The van der Waals surface area contributed by atoms with Gasteiger partial charge < -0.3 is 14.6 Å². The van der Waals surface area contributed by atoms with Gasteiger partial charge in [-0.1, -0.05) is 6.42 Å². The maximum Gasteiger partial charge on any atom is 0.348 e. The SMILES string of the molecule is COC(=O)c1ccc(C(=O)Nc2cc(-c3nnc4n3CCCCC4)ccc2F)s1. The third-order valence-corrected chi connectivity index (χ3v) is 5.86. The van der Waals surface area contributed by atoms with E-state index in [0.29, 0.717) is 16.3 Å². The average molecular weight is 414 g/mol. The number of aryl methyl sites for hydroxylation is 1. The monoisotopic (exact) mass is 414 g/mol. The number of carbonyl (C=O) groups excluding carboxylic acids is 2. The number of anilines is 1. The van der Waals surface area contributed by atoms with Gasteiger partial charge in [0.2, 0.25) is 0 Å². The van der Waals surface area contributed by atoms with Crippen molar-refractivity contribution in [1.29, 1.82) is 0 Å². The second-order valence-corrected chi connectivity index (χ2v) is 7.79. The molecule has 0 atom stereocenters. The van der Waals surface area contributed by atoms with Gasteiger partial charge in [0.15, 0.2) is 5.82 Å². The van der Waals surface area contributed by atoms with Gasteiger partial charge in [-0.25, -0.2) is 9.18 Å². The first-order valence-corrected chi connectivity index (χ1v) is 10.1. The lowest BCUT2D eigenvalue weighted by Gasteiger charge is -2.10. The molecule has 1 aliphatic heterocycles. The summed E-state index contributed by atoms with van der Waals surface area (Å²) in [5.74, 6) is 0.0290. The summed E-state index contributed by atoms with van der Waals surface area (Å²) < 4.78 is 21.1. The minimum Gasteiger partial charge on any atom is -0.465 e. The molecule has 0 saturated heterocycles. The van der Waals surface area contributed by atoms with Gasteiger partial charge in [0.25, 0.3) is 5.91 Å². The molecule has 1 amide bonds. The van der Waals surface area contributed by atoms with E-state index in [4.69, 9.17) is 0 Å². The highest BCUT2D eigenvalue weighted by atomic mass is 32.1. The van der Waals surface area contributed by atoms with Crippen molar-refractivity contribution in [2.45, 2.75) is 32.2 Å². The first-order chi connectivity index (χ1) is 14.1. The molecule has 3 heterocycles. The Hall–Kier alpha value is -3.07. The zero-order chi connectivity index (χ0) is 20.4. The summed E-state index contributed by atoms with van der Waals surface area (Å²) in [6, 6.07) is 7.51. The minimum absolute atomic E-state index is 0.0477.